The van der Waals surface area contributed by atoms with Gasteiger partial charge in [0, 0.05) is 12.6 Å². The van der Waals surface area contributed by atoms with E-state index in [1.165, 1.54) is 17.6 Å². The number of nitrogen functional groups attached to an aromatic ring is 1. The Morgan fingerprint density at radius 3 is 2.65 bits per heavy atom. The number of rotatable bonds is 10. The number of hydrogen-bond acceptors (Lipinski definition) is 10. The van der Waals surface area contributed by atoms with Gasteiger partial charge in [0.05, 0.1) is 31.0 Å². The number of phosphoric acid groups is 1. The monoisotopic (exact) mass is 495 g/mol. The van der Waals surface area contributed by atoms with Crippen molar-refractivity contribution in [1.82, 2.24) is 9.55 Å². The van der Waals surface area contributed by atoms with Gasteiger partial charge in [-0.15, -0.1) is 0 Å². The van der Waals surface area contributed by atoms with Gasteiger partial charge in [0.2, 0.25) is 0 Å². The number of esters is 1. The standard InChI is InChI=1S/C22H30N3O8P/c1-15(2)31-20(26)16(3)32-34(28,33-17-8-6-5-7-9-17)30-13-18-12-22(4,14-29-18)25-11-10-19(23)24-21(25)27/h5-11,15-16,18H,12-14H2,1-4H3,(H2,23,24,27). The second kappa shape index (κ2) is 10.7. The zero-order valence-corrected chi connectivity index (χ0v) is 20.5. The Morgan fingerprint density at radius 2 is 2.00 bits per heavy atom. The van der Waals surface area contributed by atoms with E-state index >= 15 is 0 Å². The summed E-state index contributed by atoms with van der Waals surface area (Å²) >= 11 is 0. The van der Waals surface area contributed by atoms with Crippen molar-refractivity contribution in [3.63, 3.8) is 0 Å². The van der Waals surface area contributed by atoms with E-state index in [0.717, 1.165) is 0 Å². The Kier molecular flexibility index (Phi) is 8.14. The van der Waals surface area contributed by atoms with Crippen LogP contribution < -0.4 is 15.9 Å². The first-order valence-corrected chi connectivity index (χ1v) is 12.3. The van der Waals surface area contributed by atoms with Crippen LogP contribution in [0.5, 0.6) is 5.75 Å². The minimum absolute atomic E-state index is 0.130. The molecule has 1 aliphatic rings. The minimum Gasteiger partial charge on any atom is -0.461 e. The summed E-state index contributed by atoms with van der Waals surface area (Å²) in [4.78, 5) is 28.2. The molecule has 3 rings (SSSR count). The summed E-state index contributed by atoms with van der Waals surface area (Å²) in [5.74, 6) is -0.327. The summed E-state index contributed by atoms with van der Waals surface area (Å²) in [5, 5.41) is 0. The third-order valence-electron chi connectivity index (χ3n) is 5.05. The van der Waals surface area contributed by atoms with E-state index in [1.54, 1.807) is 50.4 Å². The van der Waals surface area contributed by atoms with Gasteiger partial charge in [0.25, 0.3) is 0 Å². The van der Waals surface area contributed by atoms with E-state index < -0.39 is 37.2 Å². The van der Waals surface area contributed by atoms with Crippen molar-refractivity contribution in [3.8, 4) is 5.75 Å². The summed E-state index contributed by atoms with van der Waals surface area (Å²) in [7, 11) is -4.26. The van der Waals surface area contributed by atoms with Crippen molar-refractivity contribution >= 4 is 19.6 Å². The number of hydrogen-bond donors (Lipinski definition) is 1. The molecule has 1 saturated heterocycles. The topological polar surface area (TPSA) is 141 Å². The summed E-state index contributed by atoms with van der Waals surface area (Å²) in [6, 6.07) is 9.85. The molecular formula is C22H30N3O8P. The van der Waals surface area contributed by atoms with E-state index in [0.29, 0.717) is 6.42 Å². The number of anilines is 1. The molecule has 1 aliphatic heterocycles. The Hall–Kier alpha value is -2.72. The van der Waals surface area contributed by atoms with Gasteiger partial charge in [0.1, 0.15) is 11.6 Å². The van der Waals surface area contributed by atoms with Crippen LogP contribution >= 0.6 is 7.82 Å². The smallest absolute Gasteiger partial charge is 0.461 e. The van der Waals surface area contributed by atoms with Crippen LogP contribution in [0.25, 0.3) is 0 Å². The molecule has 1 aromatic carbocycles. The number of nitrogens with two attached hydrogens (primary N) is 1. The molecule has 0 saturated carbocycles. The molecule has 0 amide bonds. The van der Waals surface area contributed by atoms with Crippen LogP contribution in [0.4, 0.5) is 5.82 Å². The van der Waals surface area contributed by atoms with Crippen molar-refractivity contribution in [3.05, 3.63) is 53.1 Å². The molecule has 0 bridgehead atoms. The normalized spacial score (nSPS) is 22.8. The summed E-state index contributed by atoms with van der Waals surface area (Å²) in [6.07, 6.45) is -0.167. The maximum atomic E-state index is 13.5. The highest BCUT2D eigenvalue weighted by Crippen LogP contribution is 2.51. The van der Waals surface area contributed by atoms with Crippen molar-refractivity contribution in [2.24, 2.45) is 0 Å². The van der Waals surface area contributed by atoms with Crippen LogP contribution in [0, 0.1) is 0 Å². The zero-order valence-electron chi connectivity index (χ0n) is 19.6. The number of carbonyl (C=O) groups excluding carboxylic acids is 1. The Morgan fingerprint density at radius 1 is 1.29 bits per heavy atom. The van der Waals surface area contributed by atoms with Gasteiger partial charge in [-0.2, -0.15) is 4.98 Å². The first-order valence-electron chi connectivity index (χ1n) is 10.8. The summed E-state index contributed by atoms with van der Waals surface area (Å²) in [6.45, 7) is 6.66. The van der Waals surface area contributed by atoms with Gasteiger partial charge >= 0.3 is 19.5 Å². The highest BCUT2D eigenvalue weighted by Gasteiger charge is 2.41. The highest BCUT2D eigenvalue weighted by molar-refractivity contribution is 7.49. The van der Waals surface area contributed by atoms with Gasteiger partial charge in [-0.25, -0.2) is 14.2 Å². The van der Waals surface area contributed by atoms with Crippen molar-refractivity contribution < 1.29 is 32.4 Å². The SMILES string of the molecule is CC(C)OC(=O)C(C)OP(=O)(OCC1CC(C)(n2ccc(N)nc2=O)CO1)Oc1ccccc1. The average molecular weight is 495 g/mol. The zero-order chi connectivity index (χ0) is 24.9. The molecule has 2 heterocycles. The Labute approximate surface area is 197 Å². The molecule has 4 unspecified atom stereocenters. The molecule has 0 aliphatic carbocycles. The fraction of sp³-hybridized carbons (Fsp3) is 0.500. The van der Waals surface area contributed by atoms with Crippen LogP contribution in [-0.4, -0.2) is 47.0 Å². The van der Waals surface area contributed by atoms with E-state index in [1.807, 2.05) is 6.92 Å². The maximum absolute atomic E-state index is 13.5. The number of para-hydroxylation sites is 1. The molecule has 0 spiro atoms. The van der Waals surface area contributed by atoms with Gasteiger partial charge in [0.15, 0.2) is 6.10 Å². The lowest BCUT2D eigenvalue weighted by Crippen LogP contribution is -2.40. The molecule has 1 aromatic heterocycles. The van der Waals surface area contributed by atoms with Gasteiger partial charge < -0.3 is 19.7 Å². The summed E-state index contributed by atoms with van der Waals surface area (Å²) < 4.78 is 42.3. The number of carbonyl (C=O) groups is 1. The fourth-order valence-electron chi connectivity index (χ4n) is 3.44. The van der Waals surface area contributed by atoms with E-state index in [2.05, 4.69) is 4.98 Å². The van der Waals surface area contributed by atoms with Crippen molar-refractivity contribution in [2.45, 2.75) is 58.0 Å². The van der Waals surface area contributed by atoms with Crippen molar-refractivity contribution in [2.75, 3.05) is 18.9 Å². The lowest BCUT2D eigenvalue weighted by Gasteiger charge is -2.25. The summed E-state index contributed by atoms with van der Waals surface area (Å²) in [5.41, 5.74) is 4.38. The largest absolute Gasteiger partial charge is 0.530 e. The number of nitrogens with zero attached hydrogens (tertiary/aromatic N) is 2. The number of aromatic nitrogens is 2. The minimum atomic E-state index is -4.26. The molecule has 11 nitrogen and oxygen atoms in total. The number of benzene rings is 1. The molecule has 2 N–H and O–H groups in total. The lowest BCUT2D eigenvalue weighted by molar-refractivity contribution is -0.155. The molecule has 0 radical (unpaired) electrons. The van der Waals surface area contributed by atoms with Gasteiger partial charge in [-0.3, -0.25) is 13.6 Å². The van der Waals surface area contributed by atoms with Crippen LogP contribution in [0.3, 0.4) is 0 Å². The predicted molar refractivity (Wildman–Crippen MR) is 123 cm³/mol. The fourth-order valence-corrected chi connectivity index (χ4v) is 4.79. The Balaban J connectivity index is 1.70. The first kappa shape index (κ1) is 25.9. The lowest BCUT2D eigenvalue weighted by atomic mass is 9.98. The molecule has 1 fully saturated rings. The van der Waals surface area contributed by atoms with Crippen LogP contribution in [0.2, 0.25) is 0 Å². The van der Waals surface area contributed by atoms with E-state index in [9.17, 15) is 14.2 Å². The van der Waals surface area contributed by atoms with Crippen LogP contribution in [-0.2, 0) is 33.4 Å². The second-order valence-corrected chi connectivity index (χ2v) is 10.1. The highest BCUT2D eigenvalue weighted by atomic mass is 31.2. The van der Waals surface area contributed by atoms with E-state index in [-0.39, 0.29) is 30.9 Å². The van der Waals surface area contributed by atoms with Gasteiger partial charge in [-0.1, -0.05) is 18.2 Å². The predicted octanol–water partition coefficient (Wildman–Crippen LogP) is 2.89. The maximum Gasteiger partial charge on any atom is 0.530 e. The molecule has 4 atom stereocenters. The molecule has 12 heteroatoms. The second-order valence-electron chi connectivity index (χ2n) is 8.52. The first-order chi connectivity index (χ1) is 16.0. The molecule has 34 heavy (non-hydrogen) atoms. The number of ether oxygens (including phenoxy) is 2. The quantitative estimate of drug-likeness (QED) is 0.386. The molecular weight excluding hydrogens is 465 g/mol. The van der Waals surface area contributed by atoms with Crippen LogP contribution in [0.15, 0.2) is 47.4 Å². The van der Waals surface area contributed by atoms with Crippen LogP contribution in [0.1, 0.15) is 34.1 Å². The number of phosphoric ester groups is 1. The van der Waals surface area contributed by atoms with Crippen molar-refractivity contribution in [1.29, 1.82) is 0 Å². The Bertz CT molecular complexity index is 1090. The van der Waals surface area contributed by atoms with Gasteiger partial charge in [-0.05, 0) is 45.9 Å². The average Bonchev–Trinajstić information content (AvgIpc) is 3.14. The molecule has 186 valence electrons. The third kappa shape index (κ3) is 6.66. The van der Waals surface area contributed by atoms with E-state index in [4.69, 9.17) is 28.8 Å². The molecule has 2 aromatic rings. The third-order valence-corrected chi connectivity index (χ3v) is 6.53.